The predicted molar refractivity (Wildman–Crippen MR) is 89.4 cm³/mol. The summed E-state index contributed by atoms with van der Waals surface area (Å²) in [6, 6.07) is 3.85. The normalized spacial score (nSPS) is 20.2. The number of benzene rings is 1. The molecule has 2 rings (SSSR count). The van der Waals surface area contributed by atoms with Gasteiger partial charge >= 0.3 is 6.09 Å². The van der Waals surface area contributed by atoms with Crippen LogP contribution >= 0.6 is 11.6 Å². The molecule has 0 aromatic heterocycles. The maximum absolute atomic E-state index is 13.2. The summed E-state index contributed by atoms with van der Waals surface area (Å²) in [5.41, 5.74) is 0.430. The number of carbonyl (C=O) groups is 2. The highest BCUT2D eigenvalue weighted by atomic mass is 35.5. The van der Waals surface area contributed by atoms with Crippen LogP contribution in [-0.4, -0.2) is 66.4 Å². The molecule has 1 saturated heterocycles. The fourth-order valence-electron chi connectivity index (χ4n) is 2.45. The number of nitrogens with zero attached hydrogens (tertiary/aromatic N) is 2. The summed E-state index contributed by atoms with van der Waals surface area (Å²) in [6.07, 6.45) is -0.968. The number of rotatable bonds is 6. The number of hydrogen-bond acceptors (Lipinski definition) is 5. The van der Waals surface area contributed by atoms with Gasteiger partial charge in [0.15, 0.2) is 0 Å². The van der Waals surface area contributed by atoms with Crippen molar-refractivity contribution in [3.05, 3.63) is 34.6 Å². The van der Waals surface area contributed by atoms with Gasteiger partial charge in [0.2, 0.25) is 0 Å². The minimum atomic E-state index is -2.17. The zero-order valence-electron chi connectivity index (χ0n) is 14.1. The van der Waals surface area contributed by atoms with Crippen LogP contribution < -0.4 is 5.32 Å². The standard InChI is InChI=1S/C16H21ClFN3O4/c1-20(2)5-6-21-4-3-16(24,14(21)22)25-15(23)19-10-11-7-12(17)9-13(18)8-11/h7-9,24H,3-6,10H2,1-2H3,(H,19,23)/t16-/m0/s1. The Kier molecular flexibility index (Phi) is 6.21. The van der Waals surface area contributed by atoms with Crippen molar-refractivity contribution in [1.82, 2.24) is 15.1 Å². The monoisotopic (exact) mass is 373 g/mol. The molecule has 1 aromatic carbocycles. The van der Waals surface area contributed by atoms with Gasteiger partial charge in [-0.25, -0.2) is 9.18 Å². The Balaban J connectivity index is 1.88. The van der Waals surface area contributed by atoms with E-state index >= 15 is 0 Å². The minimum Gasteiger partial charge on any atom is -0.407 e. The van der Waals surface area contributed by atoms with Gasteiger partial charge in [-0.15, -0.1) is 0 Å². The van der Waals surface area contributed by atoms with Gasteiger partial charge in [-0.05, 0) is 37.9 Å². The highest BCUT2D eigenvalue weighted by Gasteiger charge is 2.48. The van der Waals surface area contributed by atoms with Gasteiger partial charge < -0.3 is 25.0 Å². The molecule has 0 saturated carbocycles. The maximum atomic E-state index is 13.2. The Hall–Kier alpha value is -1.90. The molecule has 0 bridgehead atoms. The van der Waals surface area contributed by atoms with E-state index in [0.29, 0.717) is 25.2 Å². The number of aliphatic hydroxyl groups is 1. The Labute approximate surface area is 150 Å². The second-order valence-electron chi connectivity index (χ2n) is 6.15. The van der Waals surface area contributed by atoms with Crippen molar-refractivity contribution in [1.29, 1.82) is 0 Å². The Morgan fingerprint density at radius 2 is 2.20 bits per heavy atom. The van der Waals surface area contributed by atoms with Crippen LogP contribution in [0.1, 0.15) is 12.0 Å². The van der Waals surface area contributed by atoms with E-state index in [-0.39, 0.29) is 18.0 Å². The Bertz CT molecular complexity index is 638. The molecule has 9 heteroatoms. The molecule has 1 heterocycles. The van der Waals surface area contributed by atoms with Gasteiger partial charge in [0.1, 0.15) is 5.82 Å². The van der Waals surface area contributed by atoms with Crippen molar-refractivity contribution in [3.8, 4) is 0 Å². The maximum Gasteiger partial charge on any atom is 0.410 e. The Morgan fingerprint density at radius 3 is 2.84 bits per heavy atom. The first-order valence-corrected chi connectivity index (χ1v) is 8.16. The molecule has 0 unspecified atom stereocenters. The average molecular weight is 374 g/mol. The molecule has 1 fully saturated rings. The fraction of sp³-hybridized carbons (Fsp3) is 0.500. The SMILES string of the molecule is CN(C)CCN1CC[C@](O)(OC(=O)NCc2cc(F)cc(Cl)c2)C1=O. The number of ether oxygens (including phenoxy) is 1. The van der Waals surface area contributed by atoms with Gasteiger partial charge in [0.25, 0.3) is 11.7 Å². The summed E-state index contributed by atoms with van der Waals surface area (Å²) in [7, 11) is 3.74. The van der Waals surface area contributed by atoms with E-state index in [1.54, 1.807) is 0 Å². The molecule has 1 aromatic rings. The molecular weight excluding hydrogens is 353 g/mol. The van der Waals surface area contributed by atoms with Crippen molar-refractivity contribution < 1.29 is 23.8 Å². The molecule has 2 N–H and O–H groups in total. The van der Waals surface area contributed by atoms with E-state index < -0.39 is 23.6 Å². The molecule has 1 aliphatic rings. The number of amides is 2. The smallest absolute Gasteiger partial charge is 0.407 e. The van der Waals surface area contributed by atoms with Crippen molar-refractivity contribution >= 4 is 23.6 Å². The molecule has 7 nitrogen and oxygen atoms in total. The summed E-state index contributed by atoms with van der Waals surface area (Å²) < 4.78 is 18.1. The van der Waals surface area contributed by atoms with Gasteiger partial charge in [-0.2, -0.15) is 0 Å². The van der Waals surface area contributed by atoms with Crippen molar-refractivity contribution in [2.75, 3.05) is 33.7 Å². The highest BCUT2D eigenvalue weighted by molar-refractivity contribution is 6.30. The van der Waals surface area contributed by atoms with Crippen molar-refractivity contribution in [2.45, 2.75) is 18.8 Å². The first kappa shape index (κ1) is 19.4. The van der Waals surface area contributed by atoms with E-state index in [1.165, 1.54) is 17.0 Å². The lowest BCUT2D eigenvalue weighted by atomic mass is 10.2. The quantitative estimate of drug-likeness (QED) is 0.732. The largest absolute Gasteiger partial charge is 0.410 e. The van der Waals surface area contributed by atoms with Crippen LogP contribution in [0.2, 0.25) is 5.02 Å². The zero-order chi connectivity index (χ0) is 18.6. The third-order valence-electron chi connectivity index (χ3n) is 3.78. The molecule has 0 radical (unpaired) electrons. The number of halogens is 2. The topological polar surface area (TPSA) is 82.1 Å². The van der Waals surface area contributed by atoms with Crippen molar-refractivity contribution in [2.24, 2.45) is 0 Å². The number of hydrogen-bond donors (Lipinski definition) is 2. The number of nitrogens with one attached hydrogen (secondary N) is 1. The van der Waals surface area contributed by atoms with E-state index in [0.717, 1.165) is 6.07 Å². The third kappa shape index (κ3) is 5.29. The van der Waals surface area contributed by atoms with Crippen LogP contribution in [0.15, 0.2) is 18.2 Å². The number of alkyl carbamates (subject to hydrolysis) is 1. The second-order valence-corrected chi connectivity index (χ2v) is 6.59. The van der Waals surface area contributed by atoms with Crippen LogP contribution in [0.25, 0.3) is 0 Å². The van der Waals surface area contributed by atoms with Gasteiger partial charge in [0, 0.05) is 37.6 Å². The summed E-state index contributed by atoms with van der Waals surface area (Å²) in [5.74, 6) is -3.34. The van der Waals surface area contributed by atoms with E-state index in [1.807, 2.05) is 19.0 Å². The van der Waals surface area contributed by atoms with Crippen LogP contribution in [0.3, 0.4) is 0 Å². The van der Waals surface area contributed by atoms with Crippen LogP contribution in [0.5, 0.6) is 0 Å². The Morgan fingerprint density at radius 1 is 1.48 bits per heavy atom. The molecular formula is C16H21ClFN3O4. The summed E-state index contributed by atoms with van der Waals surface area (Å²) >= 11 is 5.73. The number of likely N-dealkylation sites (tertiary alicyclic amines) is 1. The van der Waals surface area contributed by atoms with Crippen LogP contribution in [-0.2, 0) is 16.1 Å². The number of likely N-dealkylation sites (N-methyl/N-ethyl adjacent to an activating group) is 1. The van der Waals surface area contributed by atoms with Gasteiger partial charge in [-0.1, -0.05) is 11.6 Å². The number of carbonyl (C=O) groups excluding carboxylic acids is 2. The minimum absolute atomic E-state index is 0.00151. The second kappa shape index (κ2) is 7.99. The first-order chi connectivity index (χ1) is 11.7. The molecule has 25 heavy (non-hydrogen) atoms. The van der Waals surface area contributed by atoms with Crippen LogP contribution in [0, 0.1) is 5.82 Å². The fourth-order valence-corrected chi connectivity index (χ4v) is 2.69. The van der Waals surface area contributed by atoms with Crippen molar-refractivity contribution in [3.63, 3.8) is 0 Å². The van der Waals surface area contributed by atoms with Crippen LogP contribution in [0.4, 0.5) is 9.18 Å². The first-order valence-electron chi connectivity index (χ1n) is 7.78. The summed E-state index contributed by atoms with van der Waals surface area (Å²) in [6.45, 7) is 1.32. The molecule has 2 amide bonds. The summed E-state index contributed by atoms with van der Waals surface area (Å²) in [4.78, 5) is 27.4. The lowest BCUT2D eigenvalue weighted by Crippen LogP contribution is -2.46. The molecule has 1 aliphatic heterocycles. The van der Waals surface area contributed by atoms with E-state index in [9.17, 15) is 19.1 Å². The summed E-state index contributed by atoms with van der Waals surface area (Å²) in [5, 5.41) is 12.8. The third-order valence-corrected chi connectivity index (χ3v) is 4.00. The lowest BCUT2D eigenvalue weighted by molar-refractivity contribution is -0.182. The molecule has 1 atom stereocenters. The molecule has 138 valence electrons. The van der Waals surface area contributed by atoms with E-state index in [4.69, 9.17) is 16.3 Å². The average Bonchev–Trinajstić information content (AvgIpc) is 2.78. The highest BCUT2D eigenvalue weighted by Crippen LogP contribution is 2.24. The molecule has 0 aliphatic carbocycles. The lowest BCUT2D eigenvalue weighted by Gasteiger charge is -2.23. The molecule has 0 spiro atoms. The predicted octanol–water partition coefficient (Wildman–Crippen LogP) is 1.19. The van der Waals surface area contributed by atoms with Gasteiger partial charge in [-0.3, -0.25) is 4.79 Å². The van der Waals surface area contributed by atoms with Gasteiger partial charge in [0.05, 0.1) is 0 Å². The van der Waals surface area contributed by atoms with E-state index in [2.05, 4.69) is 5.32 Å². The zero-order valence-corrected chi connectivity index (χ0v) is 14.8.